The van der Waals surface area contributed by atoms with E-state index in [9.17, 15) is 24.3 Å². The van der Waals surface area contributed by atoms with Gasteiger partial charge in [0.05, 0.1) is 41.3 Å². The van der Waals surface area contributed by atoms with Gasteiger partial charge in [-0.2, -0.15) is 0 Å². The number of aromatic amines is 2. The molecular weight excluding hydrogens is 616 g/mol. The summed E-state index contributed by atoms with van der Waals surface area (Å²) in [5.41, 5.74) is 4.71. The fourth-order valence-electron chi connectivity index (χ4n) is 6.42. The molecule has 4 heterocycles. The summed E-state index contributed by atoms with van der Waals surface area (Å²) in [4.78, 5) is 70.0. The van der Waals surface area contributed by atoms with Crippen LogP contribution in [0, 0.1) is 11.8 Å². The number of amides is 4. The van der Waals surface area contributed by atoms with E-state index in [4.69, 9.17) is 9.97 Å². The number of likely N-dealkylation sites (tertiary alicyclic amines) is 2. The van der Waals surface area contributed by atoms with E-state index in [1.165, 1.54) is 14.2 Å². The second kappa shape index (κ2) is 13.3. The number of likely N-dealkylation sites (N-methyl/N-ethyl adjacent to an activating group) is 1. The van der Waals surface area contributed by atoms with Crippen molar-refractivity contribution in [1.82, 2.24) is 40.0 Å². The number of carboxylic acid groups (broad SMARTS) is 1. The van der Waals surface area contributed by atoms with Gasteiger partial charge in [-0.1, -0.05) is 11.8 Å². The molecule has 2 aliphatic heterocycles. The number of H-pyrrole nitrogens is 2. The number of nitrogens with one attached hydrogen (secondary N) is 3. The fourth-order valence-corrected chi connectivity index (χ4v) is 6.42. The van der Waals surface area contributed by atoms with Crippen molar-refractivity contribution in [3.05, 3.63) is 59.2 Å². The molecule has 4 amide bonds. The Kier molecular flexibility index (Phi) is 8.95. The van der Waals surface area contributed by atoms with Gasteiger partial charge in [0.2, 0.25) is 11.8 Å². The average Bonchev–Trinajstić information content (AvgIpc) is 3.90. The Bertz CT molecular complexity index is 1960. The first kappa shape index (κ1) is 32.4. The summed E-state index contributed by atoms with van der Waals surface area (Å²) in [6.45, 7) is 4.36. The van der Waals surface area contributed by atoms with E-state index in [-0.39, 0.29) is 23.9 Å². The van der Waals surface area contributed by atoms with Gasteiger partial charge in [0.25, 0.3) is 0 Å². The first-order chi connectivity index (χ1) is 23.0. The number of carbonyl (C=O) groups is 4. The minimum atomic E-state index is -1.15. The van der Waals surface area contributed by atoms with Gasteiger partial charge < -0.3 is 34.9 Å². The molecule has 0 spiro atoms. The van der Waals surface area contributed by atoms with Crippen LogP contribution in [-0.4, -0.2) is 103 Å². The van der Waals surface area contributed by atoms with Gasteiger partial charge in [-0.05, 0) is 75.9 Å². The molecule has 4 aromatic rings. The first-order valence-electron chi connectivity index (χ1n) is 16.0. The van der Waals surface area contributed by atoms with Crippen LogP contribution in [0.1, 0.15) is 74.4 Å². The molecule has 2 aliphatic rings. The number of aromatic nitrogens is 4. The molecule has 6 rings (SSSR count). The van der Waals surface area contributed by atoms with Crippen LogP contribution in [0.4, 0.5) is 9.59 Å². The number of hydrogen-bond donors (Lipinski definition) is 4. The van der Waals surface area contributed by atoms with Crippen molar-refractivity contribution < 1.29 is 29.0 Å². The lowest BCUT2D eigenvalue weighted by Crippen LogP contribution is -2.47. The quantitative estimate of drug-likeness (QED) is 0.226. The Morgan fingerprint density at radius 1 is 0.896 bits per heavy atom. The van der Waals surface area contributed by atoms with Gasteiger partial charge in [-0.25, -0.2) is 19.6 Å². The van der Waals surface area contributed by atoms with E-state index < -0.39 is 24.3 Å². The van der Waals surface area contributed by atoms with Crippen molar-refractivity contribution >= 4 is 46.1 Å². The van der Waals surface area contributed by atoms with E-state index in [0.29, 0.717) is 24.7 Å². The van der Waals surface area contributed by atoms with Gasteiger partial charge in [-0.15, -0.1) is 0 Å². The Hall–Kier alpha value is -5.58. The second-order valence-electron chi connectivity index (χ2n) is 12.3. The van der Waals surface area contributed by atoms with Crippen LogP contribution in [0.2, 0.25) is 0 Å². The van der Waals surface area contributed by atoms with Gasteiger partial charge in [-0.3, -0.25) is 14.5 Å². The number of fused-ring (bicyclic) bond motifs is 2. The zero-order valence-corrected chi connectivity index (χ0v) is 27.2. The highest BCUT2D eigenvalue weighted by atomic mass is 16.5. The number of imidazole rings is 2. The lowest BCUT2D eigenvalue weighted by molar-refractivity contribution is -0.136. The summed E-state index contributed by atoms with van der Waals surface area (Å²) in [6, 6.07) is 9.45. The number of methoxy groups -OCH3 is 1. The molecule has 0 radical (unpaired) electrons. The van der Waals surface area contributed by atoms with Gasteiger partial charge in [0, 0.05) is 31.3 Å². The molecule has 0 saturated carbocycles. The maximum absolute atomic E-state index is 13.1. The molecule has 0 aliphatic carbocycles. The summed E-state index contributed by atoms with van der Waals surface area (Å²) < 4.78 is 4.63. The minimum Gasteiger partial charge on any atom is -0.465 e. The Morgan fingerprint density at radius 3 is 1.88 bits per heavy atom. The van der Waals surface area contributed by atoms with Gasteiger partial charge >= 0.3 is 12.2 Å². The number of carbonyl (C=O) groups excluding carboxylic acids is 3. The molecule has 14 heteroatoms. The van der Waals surface area contributed by atoms with Crippen molar-refractivity contribution in [3.63, 3.8) is 0 Å². The maximum Gasteiger partial charge on any atom is 0.407 e. The summed E-state index contributed by atoms with van der Waals surface area (Å²) >= 11 is 0. The predicted octanol–water partition coefficient (Wildman–Crippen LogP) is 3.91. The summed E-state index contributed by atoms with van der Waals surface area (Å²) in [7, 11) is 2.66. The lowest BCUT2D eigenvalue weighted by Gasteiger charge is -2.29. The second-order valence-corrected chi connectivity index (χ2v) is 12.3. The third-order valence-corrected chi connectivity index (χ3v) is 9.18. The number of rotatable bonds is 6. The smallest absolute Gasteiger partial charge is 0.407 e. The van der Waals surface area contributed by atoms with Crippen LogP contribution in [0.5, 0.6) is 0 Å². The number of nitrogens with zero attached hydrogens (tertiary/aromatic N) is 5. The van der Waals surface area contributed by atoms with Crippen LogP contribution in [-0.2, 0) is 14.3 Å². The van der Waals surface area contributed by atoms with E-state index in [2.05, 4.69) is 31.9 Å². The van der Waals surface area contributed by atoms with Gasteiger partial charge in [0.15, 0.2) is 0 Å². The van der Waals surface area contributed by atoms with Crippen LogP contribution in [0.3, 0.4) is 0 Å². The Balaban J connectivity index is 1.17. The molecule has 4 atom stereocenters. The minimum absolute atomic E-state index is 0.191. The SMILES string of the molecule is COC(=O)N[C@H](C)C(=O)N1CCC[C@H]1c1nc2ccc(C#Cc3ccc4nc([C@@H]5CCCN5C(=O)[C@@H](C)N(C)C(=O)O)[nH]c4c3)cc2[nH]1. The Morgan fingerprint density at radius 2 is 1.40 bits per heavy atom. The van der Waals surface area contributed by atoms with Gasteiger partial charge in [0.1, 0.15) is 23.7 Å². The largest absolute Gasteiger partial charge is 0.465 e. The molecule has 250 valence electrons. The third-order valence-electron chi connectivity index (χ3n) is 9.18. The molecule has 2 aromatic heterocycles. The van der Waals surface area contributed by atoms with E-state index in [1.807, 2.05) is 36.4 Å². The molecule has 4 N–H and O–H groups in total. The molecular formula is C34H38N8O6. The fraction of sp³-hybridized carbons (Fsp3) is 0.412. The van der Waals surface area contributed by atoms with E-state index in [1.54, 1.807) is 23.6 Å². The Labute approximate surface area is 276 Å². The van der Waals surface area contributed by atoms with E-state index >= 15 is 0 Å². The molecule has 2 aromatic carbocycles. The van der Waals surface area contributed by atoms with Crippen LogP contribution < -0.4 is 5.32 Å². The van der Waals surface area contributed by atoms with Crippen LogP contribution >= 0.6 is 0 Å². The molecule has 0 bridgehead atoms. The molecule has 2 fully saturated rings. The molecule has 0 unspecified atom stereocenters. The zero-order chi connectivity index (χ0) is 34.1. The zero-order valence-electron chi connectivity index (χ0n) is 27.2. The van der Waals surface area contributed by atoms with Crippen molar-refractivity contribution in [3.8, 4) is 11.8 Å². The van der Waals surface area contributed by atoms with E-state index in [0.717, 1.165) is 63.8 Å². The lowest BCUT2D eigenvalue weighted by atomic mass is 10.1. The average molecular weight is 655 g/mol. The normalized spacial score (nSPS) is 18.8. The number of alkyl carbamates (subject to hydrolysis) is 1. The van der Waals surface area contributed by atoms with Crippen LogP contribution in [0.25, 0.3) is 22.1 Å². The molecule has 48 heavy (non-hydrogen) atoms. The topological polar surface area (TPSA) is 177 Å². The third kappa shape index (κ3) is 6.35. The number of benzene rings is 2. The van der Waals surface area contributed by atoms with Crippen molar-refractivity contribution in [1.29, 1.82) is 0 Å². The number of ether oxygens (including phenoxy) is 1. The van der Waals surface area contributed by atoms with Crippen molar-refractivity contribution in [2.24, 2.45) is 0 Å². The summed E-state index contributed by atoms with van der Waals surface area (Å²) in [5.74, 6) is 7.37. The predicted molar refractivity (Wildman–Crippen MR) is 176 cm³/mol. The highest BCUT2D eigenvalue weighted by Gasteiger charge is 2.37. The van der Waals surface area contributed by atoms with Crippen molar-refractivity contribution in [2.45, 2.75) is 63.7 Å². The highest BCUT2D eigenvalue weighted by Crippen LogP contribution is 2.33. The van der Waals surface area contributed by atoms with Crippen LogP contribution in [0.15, 0.2) is 36.4 Å². The maximum atomic E-state index is 13.1. The molecule has 14 nitrogen and oxygen atoms in total. The number of hydrogen-bond acceptors (Lipinski definition) is 7. The first-order valence-corrected chi connectivity index (χ1v) is 16.0. The van der Waals surface area contributed by atoms with Crippen molar-refractivity contribution in [2.75, 3.05) is 27.2 Å². The monoisotopic (exact) mass is 654 g/mol. The molecule has 2 saturated heterocycles. The highest BCUT2D eigenvalue weighted by molar-refractivity contribution is 5.87. The standard InChI is InChI=1S/C34H38N8O6/c1-19(35-33(45)48-4)31(43)41-15-5-7-27(41)29-36-23-13-11-21(17-25(23)38-29)9-10-22-12-14-24-26(18-22)39-30(37-24)28-8-6-16-42(28)32(44)20(2)40(3)34(46)47/h11-14,17-20,27-28H,5-8,15-16H2,1-4H3,(H,35,45)(H,36,38)(H,37,39)(H,46,47)/t19-,20-,27+,28+/m1/s1. The summed E-state index contributed by atoms with van der Waals surface area (Å²) in [5, 5.41) is 11.9. The summed E-state index contributed by atoms with van der Waals surface area (Å²) in [6.07, 6.45) is 1.33.